The van der Waals surface area contributed by atoms with E-state index in [0.29, 0.717) is 12.0 Å². The molecule has 4 heteroatoms. The van der Waals surface area contributed by atoms with Crippen LogP contribution in [0.1, 0.15) is 37.7 Å². The van der Waals surface area contributed by atoms with Crippen LogP contribution in [0.3, 0.4) is 0 Å². The first-order chi connectivity index (χ1) is 12.3. The maximum atomic E-state index is 6.26. The normalized spacial score (nSPS) is 27.8. The molecule has 1 aromatic carbocycles. The Morgan fingerprint density at radius 3 is 2.60 bits per heavy atom. The third-order valence-electron chi connectivity index (χ3n) is 6.10. The summed E-state index contributed by atoms with van der Waals surface area (Å²) in [6.45, 7) is 6.77. The monoisotopic (exact) mass is 345 g/mol. The fourth-order valence-electron chi connectivity index (χ4n) is 4.40. The quantitative estimate of drug-likeness (QED) is 0.820. The Hall–Kier alpha value is -0.940. The maximum Gasteiger partial charge on any atom is 0.0836 e. The molecule has 4 nitrogen and oxygen atoms in total. The van der Waals surface area contributed by atoms with Crippen LogP contribution in [0.25, 0.3) is 0 Å². The lowest BCUT2D eigenvalue weighted by molar-refractivity contribution is -0.0479. The Kier molecular flexibility index (Phi) is 5.71. The van der Waals surface area contributed by atoms with Crippen molar-refractivity contribution in [2.24, 2.45) is 5.92 Å². The highest BCUT2D eigenvalue weighted by Crippen LogP contribution is 2.37. The van der Waals surface area contributed by atoms with Crippen molar-refractivity contribution in [3.8, 4) is 0 Å². The summed E-state index contributed by atoms with van der Waals surface area (Å²) in [5.41, 5.74) is 1.48. The maximum absolute atomic E-state index is 6.26. The molecule has 0 bridgehead atoms. The van der Waals surface area contributed by atoms with Crippen molar-refractivity contribution in [2.45, 2.75) is 50.4 Å². The van der Waals surface area contributed by atoms with Gasteiger partial charge in [-0.15, -0.1) is 0 Å². The van der Waals surface area contributed by atoms with Crippen LogP contribution in [-0.4, -0.2) is 56.1 Å². The summed E-state index contributed by atoms with van der Waals surface area (Å²) in [5, 5.41) is 0. The zero-order valence-corrected chi connectivity index (χ0v) is 15.2. The second-order valence-corrected chi connectivity index (χ2v) is 7.97. The molecule has 1 spiro atoms. The lowest BCUT2D eigenvalue weighted by atomic mass is 9.87. The van der Waals surface area contributed by atoms with Gasteiger partial charge >= 0.3 is 0 Å². The Morgan fingerprint density at radius 2 is 1.84 bits per heavy atom. The van der Waals surface area contributed by atoms with Gasteiger partial charge in [0.05, 0.1) is 24.9 Å². The molecule has 3 aliphatic rings. The van der Waals surface area contributed by atoms with E-state index >= 15 is 0 Å². The molecule has 3 aliphatic heterocycles. The highest BCUT2D eigenvalue weighted by molar-refractivity contribution is 5.14. The van der Waals surface area contributed by atoms with Gasteiger partial charge in [-0.25, -0.2) is 0 Å². The van der Waals surface area contributed by atoms with Gasteiger partial charge in [-0.2, -0.15) is 0 Å². The molecular formula is C21H31NO3. The third kappa shape index (κ3) is 4.62. The molecule has 0 saturated carbocycles. The largest absolute Gasteiger partial charge is 0.381 e. The number of benzene rings is 1. The van der Waals surface area contributed by atoms with Crippen molar-refractivity contribution in [1.29, 1.82) is 0 Å². The summed E-state index contributed by atoms with van der Waals surface area (Å²) < 4.78 is 17.9. The zero-order valence-electron chi connectivity index (χ0n) is 15.2. The van der Waals surface area contributed by atoms with Gasteiger partial charge < -0.3 is 14.2 Å². The predicted molar refractivity (Wildman–Crippen MR) is 97.5 cm³/mol. The van der Waals surface area contributed by atoms with Crippen LogP contribution in [-0.2, 0) is 20.8 Å². The van der Waals surface area contributed by atoms with Crippen LogP contribution in [0.5, 0.6) is 0 Å². The van der Waals surface area contributed by atoms with E-state index in [4.69, 9.17) is 14.2 Å². The molecule has 3 saturated heterocycles. The van der Waals surface area contributed by atoms with Crippen LogP contribution in [0, 0.1) is 5.92 Å². The van der Waals surface area contributed by atoms with Gasteiger partial charge in [0.15, 0.2) is 0 Å². The average molecular weight is 345 g/mol. The van der Waals surface area contributed by atoms with Crippen molar-refractivity contribution in [3.63, 3.8) is 0 Å². The highest BCUT2D eigenvalue weighted by atomic mass is 16.6. The summed E-state index contributed by atoms with van der Waals surface area (Å²) in [6.07, 6.45) is 5.94. The number of hydrogen-bond acceptors (Lipinski definition) is 4. The summed E-state index contributed by atoms with van der Waals surface area (Å²) in [6, 6.07) is 10.8. The van der Waals surface area contributed by atoms with Crippen LogP contribution >= 0.6 is 0 Å². The first-order valence-corrected chi connectivity index (χ1v) is 9.91. The number of likely N-dealkylation sites (tertiary alicyclic amines) is 1. The van der Waals surface area contributed by atoms with Crippen molar-refractivity contribution in [3.05, 3.63) is 35.9 Å². The van der Waals surface area contributed by atoms with Crippen LogP contribution in [0.2, 0.25) is 0 Å². The zero-order chi connectivity index (χ0) is 17.0. The first-order valence-electron chi connectivity index (χ1n) is 9.91. The molecule has 4 rings (SSSR count). The lowest BCUT2D eigenvalue weighted by Gasteiger charge is -2.38. The minimum Gasteiger partial charge on any atom is -0.381 e. The van der Waals surface area contributed by atoms with Crippen molar-refractivity contribution in [2.75, 3.05) is 39.5 Å². The van der Waals surface area contributed by atoms with Crippen molar-refractivity contribution < 1.29 is 14.2 Å². The minimum absolute atomic E-state index is 0.0769. The van der Waals surface area contributed by atoms with Crippen LogP contribution in [0.4, 0.5) is 0 Å². The van der Waals surface area contributed by atoms with E-state index in [1.165, 1.54) is 5.56 Å². The summed E-state index contributed by atoms with van der Waals surface area (Å²) >= 11 is 0. The summed E-state index contributed by atoms with van der Waals surface area (Å²) in [4.78, 5) is 2.56. The number of rotatable bonds is 5. The van der Waals surface area contributed by atoms with Gasteiger partial charge in [0.1, 0.15) is 0 Å². The second kappa shape index (κ2) is 8.17. The fourth-order valence-corrected chi connectivity index (χ4v) is 4.40. The van der Waals surface area contributed by atoms with Gasteiger partial charge in [-0.05, 0) is 37.2 Å². The Balaban J connectivity index is 1.20. The molecule has 25 heavy (non-hydrogen) atoms. The number of ether oxygens (including phenoxy) is 3. The molecule has 0 N–H and O–H groups in total. The predicted octanol–water partition coefficient (Wildman–Crippen LogP) is 3.25. The molecule has 3 fully saturated rings. The van der Waals surface area contributed by atoms with E-state index < -0.39 is 0 Å². The number of hydrogen-bond donors (Lipinski definition) is 0. The van der Waals surface area contributed by atoms with E-state index in [0.717, 1.165) is 78.2 Å². The fraction of sp³-hybridized carbons (Fsp3) is 0.714. The Bertz CT molecular complexity index is 521. The average Bonchev–Trinajstić information content (AvgIpc) is 3.07. The third-order valence-corrected chi connectivity index (χ3v) is 6.10. The van der Waals surface area contributed by atoms with Crippen LogP contribution in [0.15, 0.2) is 30.3 Å². The molecule has 0 unspecified atom stereocenters. The van der Waals surface area contributed by atoms with E-state index in [2.05, 4.69) is 35.2 Å². The van der Waals surface area contributed by atoms with Gasteiger partial charge in [0.25, 0.3) is 0 Å². The number of nitrogens with zero attached hydrogens (tertiary/aromatic N) is 1. The molecule has 0 aromatic heterocycles. The molecule has 0 aliphatic carbocycles. The molecular weight excluding hydrogens is 314 g/mol. The Morgan fingerprint density at radius 1 is 1.08 bits per heavy atom. The van der Waals surface area contributed by atoms with Gasteiger partial charge in [0.2, 0.25) is 0 Å². The molecule has 1 aromatic rings. The van der Waals surface area contributed by atoms with E-state index in [-0.39, 0.29) is 5.60 Å². The number of piperidine rings is 1. The van der Waals surface area contributed by atoms with Crippen LogP contribution < -0.4 is 0 Å². The topological polar surface area (TPSA) is 30.9 Å². The van der Waals surface area contributed by atoms with E-state index in [1.54, 1.807) is 0 Å². The SMILES string of the molecule is c1ccc(CN2CCC3(CC2)C[C@H](OCC2CCOCC2)CO3)cc1. The smallest absolute Gasteiger partial charge is 0.0836 e. The van der Waals surface area contributed by atoms with E-state index in [9.17, 15) is 0 Å². The van der Waals surface area contributed by atoms with E-state index in [1.807, 2.05) is 0 Å². The highest BCUT2D eigenvalue weighted by Gasteiger charge is 2.43. The molecule has 3 heterocycles. The second-order valence-electron chi connectivity index (χ2n) is 7.97. The molecule has 0 radical (unpaired) electrons. The molecule has 1 atom stereocenters. The van der Waals surface area contributed by atoms with Crippen molar-refractivity contribution in [1.82, 2.24) is 4.90 Å². The minimum atomic E-state index is 0.0769. The van der Waals surface area contributed by atoms with Gasteiger partial charge in [0, 0.05) is 39.3 Å². The lowest BCUT2D eigenvalue weighted by Crippen LogP contribution is -2.44. The molecule has 138 valence electrons. The summed E-state index contributed by atoms with van der Waals surface area (Å²) in [5.74, 6) is 0.679. The molecule has 0 amide bonds. The van der Waals surface area contributed by atoms with Crippen molar-refractivity contribution >= 4 is 0 Å². The standard InChI is InChI=1S/C21H31NO3/c1-2-4-18(5-3-1)15-22-10-8-21(9-11-22)14-20(17-25-21)24-16-19-6-12-23-13-7-19/h1-5,19-20H,6-17H2/t20-/m0/s1. The summed E-state index contributed by atoms with van der Waals surface area (Å²) in [7, 11) is 0. The Labute approximate surface area is 151 Å². The van der Waals surface area contributed by atoms with Gasteiger partial charge in [-0.1, -0.05) is 30.3 Å². The van der Waals surface area contributed by atoms with Gasteiger partial charge in [-0.3, -0.25) is 4.90 Å². The first kappa shape index (κ1) is 17.5.